The van der Waals surface area contributed by atoms with E-state index in [1.54, 1.807) is 6.07 Å². The number of anilines is 1. The van der Waals surface area contributed by atoms with Crippen LogP contribution in [0.5, 0.6) is 0 Å². The van der Waals surface area contributed by atoms with E-state index in [4.69, 9.17) is 0 Å². The Morgan fingerprint density at radius 1 is 1.03 bits per heavy atom. The molecule has 7 heteroatoms. The van der Waals surface area contributed by atoms with Gasteiger partial charge in [0.1, 0.15) is 0 Å². The lowest BCUT2D eigenvalue weighted by Gasteiger charge is -2.37. The summed E-state index contributed by atoms with van der Waals surface area (Å²) >= 11 is 0. The van der Waals surface area contributed by atoms with Crippen molar-refractivity contribution in [1.82, 2.24) is 9.88 Å². The third kappa shape index (κ3) is 4.11. The number of aliphatic hydroxyl groups is 1. The van der Waals surface area contributed by atoms with E-state index in [-0.39, 0.29) is 0 Å². The van der Waals surface area contributed by atoms with Crippen molar-refractivity contribution in [2.45, 2.75) is 19.2 Å². The van der Waals surface area contributed by atoms with Crippen molar-refractivity contribution in [2.24, 2.45) is 0 Å². The van der Waals surface area contributed by atoms with Crippen LogP contribution in [0.4, 0.5) is 18.9 Å². The second kappa shape index (κ2) is 7.72. The summed E-state index contributed by atoms with van der Waals surface area (Å²) in [6, 6.07) is 13.4. The van der Waals surface area contributed by atoms with Gasteiger partial charge < -0.3 is 15.0 Å². The third-order valence-electron chi connectivity index (χ3n) is 5.62. The quantitative estimate of drug-likeness (QED) is 0.681. The van der Waals surface area contributed by atoms with E-state index in [1.165, 1.54) is 12.1 Å². The molecule has 1 fully saturated rings. The Kier molecular flexibility index (Phi) is 5.27. The summed E-state index contributed by atoms with van der Waals surface area (Å²) in [6.45, 7) is 5.09. The van der Waals surface area contributed by atoms with Crippen molar-refractivity contribution in [3.05, 3.63) is 65.4 Å². The SMILES string of the molecule is Cc1[nH]c2ccccc2c1[C@H](O)CN1CCN(c2cccc(C(F)(F)F)c2)CC1. The zero-order valence-electron chi connectivity index (χ0n) is 16.2. The van der Waals surface area contributed by atoms with Gasteiger partial charge in [-0.1, -0.05) is 24.3 Å². The summed E-state index contributed by atoms with van der Waals surface area (Å²) in [5, 5.41) is 11.9. The third-order valence-corrected chi connectivity index (χ3v) is 5.62. The molecule has 0 saturated carbocycles. The summed E-state index contributed by atoms with van der Waals surface area (Å²) < 4.78 is 38.9. The van der Waals surface area contributed by atoms with Crippen LogP contribution in [-0.2, 0) is 6.18 Å². The zero-order chi connectivity index (χ0) is 20.6. The Morgan fingerprint density at radius 2 is 1.76 bits per heavy atom. The number of alkyl halides is 3. The number of aromatic amines is 1. The second-order valence-electron chi connectivity index (χ2n) is 7.56. The predicted molar refractivity (Wildman–Crippen MR) is 108 cm³/mol. The molecule has 29 heavy (non-hydrogen) atoms. The van der Waals surface area contributed by atoms with Crippen LogP contribution in [0.3, 0.4) is 0 Å². The number of para-hydroxylation sites is 1. The fourth-order valence-corrected chi connectivity index (χ4v) is 4.13. The maximum atomic E-state index is 13.0. The molecule has 1 aliphatic rings. The van der Waals surface area contributed by atoms with Gasteiger partial charge in [-0.15, -0.1) is 0 Å². The number of benzene rings is 2. The van der Waals surface area contributed by atoms with Crippen LogP contribution in [0.15, 0.2) is 48.5 Å². The van der Waals surface area contributed by atoms with Crippen LogP contribution in [0, 0.1) is 6.92 Å². The number of hydrogen-bond donors (Lipinski definition) is 2. The van der Waals surface area contributed by atoms with Crippen LogP contribution < -0.4 is 4.90 Å². The highest BCUT2D eigenvalue weighted by Gasteiger charge is 2.31. The average Bonchev–Trinajstić information content (AvgIpc) is 3.04. The van der Waals surface area contributed by atoms with Gasteiger partial charge in [-0.25, -0.2) is 0 Å². The van der Waals surface area contributed by atoms with Gasteiger partial charge >= 0.3 is 6.18 Å². The van der Waals surface area contributed by atoms with Gasteiger partial charge in [-0.2, -0.15) is 13.2 Å². The normalized spacial score (nSPS) is 17.1. The molecule has 154 valence electrons. The zero-order valence-corrected chi connectivity index (χ0v) is 16.2. The van der Waals surface area contributed by atoms with E-state index < -0.39 is 17.8 Å². The monoisotopic (exact) mass is 403 g/mol. The molecule has 0 amide bonds. The first-order chi connectivity index (χ1) is 13.8. The maximum absolute atomic E-state index is 13.0. The number of nitrogens with one attached hydrogen (secondary N) is 1. The number of rotatable bonds is 4. The Hall–Kier alpha value is -2.51. The Balaban J connectivity index is 1.41. The van der Waals surface area contributed by atoms with Gasteiger partial charge in [0.15, 0.2) is 0 Å². The molecule has 4 rings (SSSR count). The molecule has 3 aromatic rings. The molecule has 2 aromatic carbocycles. The van der Waals surface area contributed by atoms with Gasteiger partial charge in [0, 0.05) is 60.6 Å². The number of aliphatic hydroxyl groups excluding tert-OH is 1. The van der Waals surface area contributed by atoms with Crippen molar-refractivity contribution in [1.29, 1.82) is 0 Å². The number of hydrogen-bond acceptors (Lipinski definition) is 3. The molecule has 1 aromatic heterocycles. The lowest BCUT2D eigenvalue weighted by Crippen LogP contribution is -2.47. The summed E-state index contributed by atoms with van der Waals surface area (Å²) in [6.07, 6.45) is -4.95. The summed E-state index contributed by atoms with van der Waals surface area (Å²) in [7, 11) is 0. The smallest absolute Gasteiger partial charge is 0.387 e. The molecule has 1 aliphatic heterocycles. The predicted octanol–water partition coefficient (Wildman–Crippen LogP) is 4.35. The number of aryl methyl sites for hydroxylation is 1. The van der Waals surface area contributed by atoms with Crippen molar-refractivity contribution in [3.8, 4) is 0 Å². The molecular formula is C22H24F3N3O. The van der Waals surface area contributed by atoms with Gasteiger partial charge in [0.2, 0.25) is 0 Å². The highest BCUT2D eigenvalue weighted by atomic mass is 19.4. The van der Waals surface area contributed by atoms with Gasteiger partial charge in [0.25, 0.3) is 0 Å². The maximum Gasteiger partial charge on any atom is 0.416 e. The number of nitrogens with zero attached hydrogens (tertiary/aromatic N) is 2. The Morgan fingerprint density at radius 3 is 2.48 bits per heavy atom. The van der Waals surface area contributed by atoms with Gasteiger partial charge in [-0.3, -0.25) is 4.90 Å². The Labute approximate surface area is 167 Å². The fourth-order valence-electron chi connectivity index (χ4n) is 4.13. The lowest BCUT2D eigenvalue weighted by atomic mass is 10.0. The summed E-state index contributed by atoms with van der Waals surface area (Å²) in [4.78, 5) is 7.44. The first kappa shape index (κ1) is 19.8. The minimum atomic E-state index is -4.33. The second-order valence-corrected chi connectivity index (χ2v) is 7.56. The number of halogens is 3. The topological polar surface area (TPSA) is 42.5 Å². The van der Waals surface area contributed by atoms with E-state index >= 15 is 0 Å². The fraction of sp³-hybridized carbons (Fsp3) is 0.364. The van der Waals surface area contributed by atoms with Crippen LogP contribution in [0.2, 0.25) is 0 Å². The molecular weight excluding hydrogens is 379 g/mol. The van der Waals surface area contributed by atoms with Crippen LogP contribution in [0.1, 0.15) is 22.9 Å². The van der Waals surface area contributed by atoms with E-state index in [2.05, 4.69) is 9.88 Å². The number of piperazine rings is 1. The molecule has 0 spiro atoms. The first-order valence-corrected chi connectivity index (χ1v) is 9.73. The molecule has 0 aliphatic carbocycles. The molecule has 2 heterocycles. The standard InChI is InChI=1S/C22H24F3N3O/c1-15-21(18-7-2-3-8-19(18)26-15)20(29)14-27-9-11-28(12-10-27)17-6-4-5-16(13-17)22(23,24)25/h2-8,13,20,26,29H,9-12,14H2,1H3/t20-/m1/s1. The average molecular weight is 403 g/mol. The summed E-state index contributed by atoms with van der Waals surface area (Å²) in [5.41, 5.74) is 2.85. The van der Waals surface area contributed by atoms with Crippen molar-refractivity contribution >= 4 is 16.6 Å². The van der Waals surface area contributed by atoms with Crippen LogP contribution in [0.25, 0.3) is 10.9 Å². The molecule has 0 bridgehead atoms. The largest absolute Gasteiger partial charge is 0.416 e. The molecule has 1 saturated heterocycles. The van der Waals surface area contributed by atoms with Crippen LogP contribution >= 0.6 is 0 Å². The molecule has 0 unspecified atom stereocenters. The van der Waals surface area contributed by atoms with E-state index in [1.807, 2.05) is 36.1 Å². The highest BCUT2D eigenvalue weighted by molar-refractivity contribution is 5.84. The highest BCUT2D eigenvalue weighted by Crippen LogP contribution is 2.32. The minimum absolute atomic E-state index is 0.499. The van der Waals surface area contributed by atoms with E-state index in [0.29, 0.717) is 38.4 Å². The van der Waals surface area contributed by atoms with Crippen molar-refractivity contribution < 1.29 is 18.3 Å². The van der Waals surface area contributed by atoms with Crippen molar-refractivity contribution in [2.75, 3.05) is 37.6 Å². The number of fused-ring (bicyclic) bond motifs is 1. The van der Waals surface area contributed by atoms with Crippen LogP contribution in [-0.4, -0.2) is 47.7 Å². The molecule has 4 nitrogen and oxygen atoms in total. The minimum Gasteiger partial charge on any atom is -0.387 e. The molecule has 2 N–H and O–H groups in total. The first-order valence-electron chi connectivity index (χ1n) is 9.73. The van der Waals surface area contributed by atoms with Gasteiger partial charge in [-0.05, 0) is 31.2 Å². The summed E-state index contributed by atoms with van der Waals surface area (Å²) in [5.74, 6) is 0. The lowest BCUT2D eigenvalue weighted by molar-refractivity contribution is -0.137. The number of aromatic nitrogens is 1. The van der Waals surface area contributed by atoms with E-state index in [9.17, 15) is 18.3 Å². The van der Waals surface area contributed by atoms with Gasteiger partial charge in [0.05, 0.1) is 11.7 Å². The molecule has 0 radical (unpaired) electrons. The number of β-amino-alcohol motifs (C(OH)–C–C–N with tert-alkyl or cyclic N) is 1. The number of H-pyrrole nitrogens is 1. The Bertz CT molecular complexity index is 990. The van der Waals surface area contributed by atoms with E-state index in [0.717, 1.165) is 28.2 Å². The molecule has 1 atom stereocenters. The van der Waals surface area contributed by atoms with Crippen molar-refractivity contribution in [3.63, 3.8) is 0 Å².